The Kier molecular flexibility index (Phi) is 3.87. The second-order valence-corrected chi connectivity index (χ2v) is 7.04. The average Bonchev–Trinajstić information content (AvgIpc) is 2.85. The van der Waals surface area contributed by atoms with Crippen LogP contribution in [0.1, 0.15) is 37.5 Å². The predicted molar refractivity (Wildman–Crippen MR) is 78.1 cm³/mol. The van der Waals surface area contributed by atoms with Gasteiger partial charge >= 0.3 is 0 Å². The molecule has 4 nitrogen and oxygen atoms in total. The van der Waals surface area contributed by atoms with E-state index in [1.165, 1.54) is 24.3 Å². The number of imidazole rings is 1. The van der Waals surface area contributed by atoms with E-state index < -0.39 is 0 Å². The second kappa shape index (κ2) is 5.46. The summed E-state index contributed by atoms with van der Waals surface area (Å²) in [6, 6.07) is 0.0374. The standard InChI is InChI=1S/C14H23N3OS/c1-17-6-5-16-13(17)12(15)11-2-7-18-14(10-11)3-8-19-9-4-14/h5-6,11-12H,2-4,7-10,15H2,1H3. The van der Waals surface area contributed by atoms with Crippen molar-refractivity contribution < 1.29 is 4.74 Å². The first kappa shape index (κ1) is 13.5. The molecular formula is C14H23N3OS. The summed E-state index contributed by atoms with van der Waals surface area (Å²) in [5, 5.41) is 0. The number of ether oxygens (including phenoxy) is 1. The number of hydrogen-bond donors (Lipinski definition) is 1. The molecule has 2 unspecified atom stereocenters. The zero-order valence-electron chi connectivity index (χ0n) is 11.5. The highest BCUT2D eigenvalue weighted by Crippen LogP contribution is 2.42. The zero-order valence-corrected chi connectivity index (χ0v) is 12.4. The Hall–Kier alpha value is -0.520. The lowest BCUT2D eigenvalue weighted by Gasteiger charge is -2.44. The largest absolute Gasteiger partial charge is 0.375 e. The first-order chi connectivity index (χ1) is 9.20. The maximum absolute atomic E-state index is 6.46. The predicted octanol–water partition coefficient (Wildman–Crippen LogP) is 2.11. The molecule has 3 rings (SSSR count). The van der Waals surface area contributed by atoms with Gasteiger partial charge in [0.2, 0.25) is 0 Å². The van der Waals surface area contributed by atoms with E-state index in [9.17, 15) is 0 Å². The molecule has 1 aromatic heterocycles. The monoisotopic (exact) mass is 281 g/mol. The Labute approximate surface area is 119 Å². The molecule has 1 spiro atoms. The van der Waals surface area contributed by atoms with Crippen LogP contribution in [0.5, 0.6) is 0 Å². The summed E-state index contributed by atoms with van der Waals surface area (Å²) in [7, 11) is 2.02. The van der Waals surface area contributed by atoms with E-state index in [0.29, 0.717) is 5.92 Å². The molecule has 2 aliphatic rings. The minimum atomic E-state index is 0.0374. The van der Waals surface area contributed by atoms with Crippen molar-refractivity contribution in [1.82, 2.24) is 9.55 Å². The van der Waals surface area contributed by atoms with Gasteiger partial charge in [0.25, 0.3) is 0 Å². The van der Waals surface area contributed by atoms with Crippen LogP contribution >= 0.6 is 11.8 Å². The molecule has 0 radical (unpaired) electrons. The van der Waals surface area contributed by atoms with Crippen LogP contribution in [0.2, 0.25) is 0 Å². The van der Waals surface area contributed by atoms with E-state index in [-0.39, 0.29) is 11.6 Å². The lowest BCUT2D eigenvalue weighted by molar-refractivity contribution is -0.106. The van der Waals surface area contributed by atoms with Crippen molar-refractivity contribution in [3.05, 3.63) is 18.2 Å². The summed E-state index contributed by atoms with van der Waals surface area (Å²) in [6.45, 7) is 0.855. The minimum absolute atomic E-state index is 0.0374. The fraction of sp³-hybridized carbons (Fsp3) is 0.786. The molecule has 5 heteroatoms. The van der Waals surface area contributed by atoms with Gasteiger partial charge in [0.1, 0.15) is 5.82 Å². The fourth-order valence-electron chi connectivity index (χ4n) is 3.37. The van der Waals surface area contributed by atoms with Crippen molar-refractivity contribution in [3.63, 3.8) is 0 Å². The minimum Gasteiger partial charge on any atom is -0.375 e. The summed E-state index contributed by atoms with van der Waals surface area (Å²) in [5.41, 5.74) is 6.57. The summed E-state index contributed by atoms with van der Waals surface area (Å²) < 4.78 is 8.18. The molecule has 0 aromatic carbocycles. The first-order valence-electron chi connectivity index (χ1n) is 7.15. The van der Waals surface area contributed by atoms with Gasteiger partial charge in [-0.25, -0.2) is 4.98 Å². The molecule has 19 heavy (non-hydrogen) atoms. The molecule has 0 saturated carbocycles. The normalized spacial score (nSPS) is 28.4. The van der Waals surface area contributed by atoms with Crippen LogP contribution in [-0.2, 0) is 11.8 Å². The number of aryl methyl sites for hydroxylation is 1. The SMILES string of the molecule is Cn1ccnc1C(N)C1CCOC2(CCSCC2)C1. The van der Waals surface area contributed by atoms with E-state index in [4.69, 9.17) is 10.5 Å². The topological polar surface area (TPSA) is 53.1 Å². The lowest BCUT2D eigenvalue weighted by atomic mass is 9.78. The highest BCUT2D eigenvalue weighted by atomic mass is 32.2. The van der Waals surface area contributed by atoms with Gasteiger partial charge in [-0.3, -0.25) is 0 Å². The summed E-state index contributed by atoms with van der Waals surface area (Å²) >= 11 is 2.04. The molecule has 0 aliphatic carbocycles. The van der Waals surface area contributed by atoms with E-state index in [1.54, 1.807) is 0 Å². The van der Waals surface area contributed by atoms with Gasteiger partial charge in [-0.2, -0.15) is 11.8 Å². The molecule has 2 atom stereocenters. The maximum atomic E-state index is 6.46. The molecule has 2 aliphatic heterocycles. The van der Waals surface area contributed by atoms with Crippen LogP contribution < -0.4 is 5.73 Å². The smallest absolute Gasteiger partial charge is 0.125 e. The van der Waals surface area contributed by atoms with Crippen molar-refractivity contribution in [3.8, 4) is 0 Å². The Balaban J connectivity index is 1.72. The summed E-state index contributed by atoms with van der Waals surface area (Å²) in [4.78, 5) is 4.42. The molecule has 2 N–H and O–H groups in total. The van der Waals surface area contributed by atoms with Crippen LogP contribution in [0.25, 0.3) is 0 Å². The van der Waals surface area contributed by atoms with Crippen molar-refractivity contribution >= 4 is 11.8 Å². The molecule has 0 bridgehead atoms. The fourth-order valence-corrected chi connectivity index (χ4v) is 4.61. The number of rotatable bonds is 2. The van der Waals surface area contributed by atoms with Crippen molar-refractivity contribution in [2.45, 2.75) is 37.3 Å². The molecule has 106 valence electrons. The second-order valence-electron chi connectivity index (χ2n) is 5.82. The molecular weight excluding hydrogens is 258 g/mol. The average molecular weight is 281 g/mol. The molecule has 2 fully saturated rings. The van der Waals surface area contributed by atoms with Gasteiger partial charge in [0, 0.05) is 26.0 Å². The molecule has 0 amide bonds. The Morgan fingerprint density at radius 1 is 1.53 bits per heavy atom. The number of nitrogens with two attached hydrogens (primary N) is 1. The van der Waals surface area contributed by atoms with Gasteiger partial charge in [-0.1, -0.05) is 0 Å². The lowest BCUT2D eigenvalue weighted by Crippen LogP contribution is -2.45. The van der Waals surface area contributed by atoms with Gasteiger partial charge in [0.05, 0.1) is 11.6 Å². The molecule has 3 heterocycles. The van der Waals surface area contributed by atoms with Gasteiger partial charge < -0.3 is 15.0 Å². The number of hydrogen-bond acceptors (Lipinski definition) is 4. The quantitative estimate of drug-likeness (QED) is 0.902. The summed E-state index contributed by atoms with van der Waals surface area (Å²) in [5.74, 6) is 3.96. The Morgan fingerprint density at radius 3 is 3.00 bits per heavy atom. The van der Waals surface area contributed by atoms with Gasteiger partial charge in [0.15, 0.2) is 0 Å². The highest BCUT2D eigenvalue weighted by Gasteiger charge is 2.41. The Morgan fingerprint density at radius 2 is 2.32 bits per heavy atom. The van der Waals surface area contributed by atoms with E-state index in [2.05, 4.69) is 4.98 Å². The van der Waals surface area contributed by atoms with E-state index >= 15 is 0 Å². The van der Waals surface area contributed by atoms with Crippen LogP contribution in [0.4, 0.5) is 0 Å². The van der Waals surface area contributed by atoms with E-state index in [0.717, 1.165) is 25.3 Å². The van der Waals surface area contributed by atoms with Crippen molar-refractivity contribution in [1.29, 1.82) is 0 Å². The molecule has 2 saturated heterocycles. The van der Waals surface area contributed by atoms with Gasteiger partial charge in [-0.05, 0) is 43.1 Å². The van der Waals surface area contributed by atoms with Crippen LogP contribution in [-0.4, -0.2) is 33.3 Å². The zero-order chi connectivity index (χ0) is 13.3. The third-order valence-electron chi connectivity index (χ3n) is 4.60. The van der Waals surface area contributed by atoms with Crippen LogP contribution in [0.3, 0.4) is 0 Å². The Bertz CT molecular complexity index is 423. The number of nitrogens with zero attached hydrogens (tertiary/aromatic N) is 2. The number of aromatic nitrogens is 2. The third kappa shape index (κ3) is 2.69. The first-order valence-corrected chi connectivity index (χ1v) is 8.30. The van der Waals surface area contributed by atoms with Crippen LogP contribution in [0, 0.1) is 5.92 Å². The van der Waals surface area contributed by atoms with Crippen molar-refractivity contribution in [2.75, 3.05) is 18.1 Å². The van der Waals surface area contributed by atoms with Gasteiger partial charge in [-0.15, -0.1) is 0 Å². The maximum Gasteiger partial charge on any atom is 0.125 e. The third-order valence-corrected chi connectivity index (χ3v) is 5.59. The van der Waals surface area contributed by atoms with Crippen LogP contribution in [0.15, 0.2) is 12.4 Å². The van der Waals surface area contributed by atoms with E-state index in [1.807, 2.05) is 35.8 Å². The number of thioether (sulfide) groups is 1. The van der Waals surface area contributed by atoms with Crippen molar-refractivity contribution in [2.24, 2.45) is 18.7 Å². The highest BCUT2D eigenvalue weighted by molar-refractivity contribution is 7.99. The molecule has 1 aromatic rings. The summed E-state index contributed by atoms with van der Waals surface area (Å²) in [6.07, 6.45) is 8.33.